The van der Waals surface area contributed by atoms with Gasteiger partial charge >= 0.3 is 6.18 Å². The van der Waals surface area contributed by atoms with E-state index in [1.807, 2.05) is 30.3 Å². The predicted octanol–water partition coefficient (Wildman–Crippen LogP) is 3.25. The Kier molecular flexibility index (Phi) is 5.37. The molecule has 0 aliphatic heterocycles. The topological polar surface area (TPSA) is 98.7 Å². The molecule has 1 aromatic carbocycles. The zero-order valence-electron chi connectivity index (χ0n) is 13.8. The number of aromatic nitrogens is 4. The largest absolute Gasteiger partial charge is 0.453 e. The van der Waals surface area contributed by atoms with Gasteiger partial charge in [0.2, 0.25) is 11.1 Å². The summed E-state index contributed by atoms with van der Waals surface area (Å²) in [5.74, 6) is 3.60. The number of nitrogens with zero attached hydrogens (tertiary/aromatic N) is 4. The second-order valence-corrected chi connectivity index (χ2v) is 7.49. The molecule has 7 nitrogen and oxygen atoms in total. The first kappa shape index (κ1) is 19.2. The number of nitrogens with two attached hydrogens (primary N) is 1. The number of rotatable bonds is 5. The van der Waals surface area contributed by atoms with Crippen molar-refractivity contribution in [3.05, 3.63) is 41.5 Å². The first-order chi connectivity index (χ1) is 12.8. The van der Waals surface area contributed by atoms with Crippen molar-refractivity contribution >= 4 is 34.1 Å². The molecule has 0 saturated heterocycles. The predicted molar refractivity (Wildman–Crippen MR) is 96.7 cm³/mol. The van der Waals surface area contributed by atoms with Gasteiger partial charge in [-0.1, -0.05) is 42.1 Å². The molecule has 27 heavy (non-hydrogen) atoms. The molecule has 3 rings (SSSR count). The lowest BCUT2D eigenvalue weighted by atomic mass is 10.2. The van der Waals surface area contributed by atoms with Gasteiger partial charge in [-0.25, -0.2) is 9.66 Å². The summed E-state index contributed by atoms with van der Waals surface area (Å²) in [5, 5.41) is 10.3. The molecule has 2 heterocycles. The minimum Gasteiger partial charge on any atom is -0.335 e. The van der Waals surface area contributed by atoms with Crippen LogP contribution < -0.4 is 11.2 Å². The third kappa shape index (κ3) is 4.39. The van der Waals surface area contributed by atoms with Crippen LogP contribution >= 0.6 is 23.1 Å². The number of nitrogens with one attached hydrogen (secondary N) is 1. The van der Waals surface area contributed by atoms with Crippen LogP contribution in [0.4, 0.5) is 18.3 Å². The van der Waals surface area contributed by atoms with Crippen LogP contribution in [0.1, 0.15) is 12.7 Å². The van der Waals surface area contributed by atoms with Crippen molar-refractivity contribution in [1.82, 2.24) is 19.9 Å². The maximum absolute atomic E-state index is 12.7. The molecule has 0 bridgehead atoms. The number of nitrogen functional groups attached to an aromatic ring is 1. The number of anilines is 1. The van der Waals surface area contributed by atoms with Crippen LogP contribution in [0.15, 0.2) is 40.9 Å². The fourth-order valence-electron chi connectivity index (χ4n) is 2.04. The van der Waals surface area contributed by atoms with Crippen LogP contribution in [0.25, 0.3) is 11.3 Å². The average Bonchev–Trinajstić information content (AvgIpc) is 3.22. The van der Waals surface area contributed by atoms with Crippen molar-refractivity contribution in [3.63, 3.8) is 0 Å². The van der Waals surface area contributed by atoms with E-state index >= 15 is 0 Å². The van der Waals surface area contributed by atoms with E-state index in [1.54, 1.807) is 5.38 Å². The molecule has 2 aromatic heterocycles. The first-order valence-corrected chi connectivity index (χ1v) is 9.28. The van der Waals surface area contributed by atoms with E-state index in [-0.39, 0.29) is 5.16 Å². The molecular formula is C15H13F3N6OS2. The Hall–Kier alpha value is -2.60. The van der Waals surface area contributed by atoms with Crippen LogP contribution in [-0.4, -0.2) is 31.0 Å². The quantitative estimate of drug-likeness (QED) is 0.491. The maximum Gasteiger partial charge on any atom is 0.453 e. The fraction of sp³-hybridized carbons (Fsp3) is 0.200. The Morgan fingerprint density at radius 1 is 1.30 bits per heavy atom. The van der Waals surface area contributed by atoms with Crippen molar-refractivity contribution in [1.29, 1.82) is 0 Å². The molecule has 1 amide bonds. The van der Waals surface area contributed by atoms with E-state index in [0.29, 0.717) is 15.5 Å². The molecule has 3 N–H and O–H groups in total. The standard InChI is InChI=1S/C15H13F3N6OS2/c1-8(27-14-23-22-12(24(14)19)15(16,17)18)11(25)21-13-20-10(7-26-13)9-5-3-2-4-6-9/h2-8H,19H2,1H3,(H,20,21,25)/t8-/m0/s1. The lowest BCUT2D eigenvalue weighted by molar-refractivity contribution is -0.146. The molecule has 0 spiro atoms. The number of amides is 1. The second-order valence-electron chi connectivity index (χ2n) is 5.33. The Morgan fingerprint density at radius 3 is 2.63 bits per heavy atom. The molecule has 0 radical (unpaired) electrons. The highest BCUT2D eigenvalue weighted by atomic mass is 32.2. The normalized spacial score (nSPS) is 12.7. The number of alkyl halides is 3. The number of hydrogen-bond donors (Lipinski definition) is 2. The van der Waals surface area contributed by atoms with E-state index in [2.05, 4.69) is 20.5 Å². The average molecular weight is 414 g/mol. The number of carbonyl (C=O) groups is 1. The molecule has 0 aliphatic rings. The summed E-state index contributed by atoms with van der Waals surface area (Å²) in [4.78, 5) is 16.6. The molecule has 142 valence electrons. The zero-order valence-corrected chi connectivity index (χ0v) is 15.4. The van der Waals surface area contributed by atoms with Gasteiger partial charge in [-0.05, 0) is 6.92 Å². The number of hydrogen-bond acceptors (Lipinski definition) is 7. The molecular weight excluding hydrogens is 401 g/mol. The van der Waals surface area contributed by atoms with Crippen molar-refractivity contribution in [3.8, 4) is 11.3 Å². The van der Waals surface area contributed by atoms with E-state index in [4.69, 9.17) is 5.84 Å². The number of carbonyl (C=O) groups excluding carboxylic acids is 1. The van der Waals surface area contributed by atoms with Gasteiger partial charge in [0.25, 0.3) is 5.82 Å². The first-order valence-electron chi connectivity index (χ1n) is 7.52. The summed E-state index contributed by atoms with van der Waals surface area (Å²) >= 11 is 2.01. The third-order valence-electron chi connectivity index (χ3n) is 3.37. The second kappa shape index (κ2) is 7.56. The van der Waals surface area contributed by atoms with Crippen molar-refractivity contribution < 1.29 is 18.0 Å². The summed E-state index contributed by atoms with van der Waals surface area (Å²) in [6.45, 7) is 1.52. The fourth-order valence-corrected chi connectivity index (χ4v) is 3.53. The minimum absolute atomic E-state index is 0.214. The highest BCUT2D eigenvalue weighted by Gasteiger charge is 2.38. The summed E-state index contributed by atoms with van der Waals surface area (Å²) in [6.07, 6.45) is -4.72. The SMILES string of the molecule is C[C@H](Sc1nnc(C(F)(F)F)n1N)C(=O)Nc1nc(-c2ccccc2)cs1. The van der Waals surface area contributed by atoms with Crippen molar-refractivity contribution in [2.24, 2.45) is 0 Å². The lowest BCUT2D eigenvalue weighted by Crippen LogP contribution is -2.25. The third-order valence-corrected chi connectivity index (χ3v) is 5.19. The highest BCUT2D eigenvalue weighted by Crippen LogP contribution is 2.30. The highest BCUT2D eigenvalue weighted by molar-refractivity contribution is 8.00. The number of benzene rings is 1. The van der Waals surface area contributed by atoms with E-state index in [1.165, 1.54) is 18.3 Å². The van der Waals surface area contributed by atoms with E-state index < -0.39 is 23.2 Å². The van der Waals surface area contributed by atoms with Crippen LogP contribution in [0.5, 0.6) is 0 Å². The minimum atomic E-state index is -4.72. The lowest BCUT2D eigenvalue weighted by Gasteiger charge is -2.10. The molecule has 0 fully saturated rings. The molecule has 0 saturated carbocycles. The number of thiazole rings is 1. The smallest absolute Gasteiger partial charge is 0.335 e. The van der Waals surface area contributed by atoms with Crippen molar-refractivity contribution in [2.75, 3.05) is 11.2 Å². The van der Waals surface area contributed by atoms with Gasteiger partial charge in [0.1, 0.15) is 0 Å². The Balaban J connectivity index is 1.65. The van der Waals surface area contributed by atoms with Gasteiger partial charge in [-0.2, -0.15) is 13.2 Å². The van der Waals surface area contributed by atoms with Gasteiger partial charge in [-0.3, -0.25) is 4.79 Å². The van der Waals surface area contributed by atoms with Crippen LogP contribution in [0, 0.1) is 0 Å². The van der Waals surface area contributed by atoms with Gasteiger partial charge in [0.15, 0.2) is 5.13 Å². The molecule has 1 atom stereocenters. The Labute approximate surface area is 159 Å². The number of thioether (sulfide) groups is 1. The molecule has 12 heteroatoms. The summed E-state index contributed by atoms with van der Waals surface area (Å²) in [7, 11) is 0. The zero-order chi connectivity index (χ0) is 19.6. The molecule has 0 aliphatic carbocycles. The monoisotopic (exact) mass is 414 g/mol. The number of halogens is 3. The Bertz CT molecular complexity index is 941. The van der Waals surface area contributed by atoms with Crippen LogP contribution in [-0.2, 0) is 11.0 Å². The maximum atomic E-state index is 12.7. The van der Waals surface area contributed by atoms with Crippen molar-refractivity contribution in [2.45, 2.75) is 23.5 Å². The summed E-state index contributed by atoms with van der Waals surface area (Å²) in [6, 6.07) is 9.43. The van der Waals surface area contributed by atoms with Crippen LogP contribution in [0.2, 0.25) is 0 Å². The van der Waals surface area contributed by atoms with Crippen LogP contribution in [0.3, 0.4) is 0 Å². The molecule has 0 unspecified atom stereocenters. The summed E-state index contributed by atoms with van der Waals surface area (Å²) in [5.41, 5.74) is 1.63. The van der Waals surface area contributed by atoms with Gasteiger partial charge < -0.3 is 11.2 Å². The van der Waals surface area contributed by atoms with E-state index in [9.17, 15) is 18.0 Å². The molecule has 3 aromatic rings. The Morgan fingerprint density at radius 2 is 2.00 bits per heavy atom. The van der Waals surface area contributed by atoms with Gasteiger partial charge in [0.05, 0.1) is 10.9 Å². The van der Waals surface area contributed by atoms with Gasteiger partial charge in [0, 0.05) is 10.9 Å². The van der Waals surface area contributed by atoms with Gasteiger partial charge in [-0.15, -0.1) is 21.5 Å². The summed E-state index contributed by atoms with van der Waals surface area (Å²) < 4.78 is 38.4. The van der Waals surface area contributed by atoms with E-state index in [0.717, 1.165) is 17.3 Å².